The third-order valence-corrected chi connectivity index (χ3v) is 4.26. The molecule has 0 atom stereocenters. The van der Waals surface area contributed by atoms with Gasteiger partial charge in [-0.3, -0.25) is 4.79 Å². The summed E-state index contributed by atoms with van der Waals surface area (Å²) in [6.07, 6.45) is 0.825. The highest BCUT2D eigenvalue weighted by molar-refractivity contribution is 5.75. The van der Waals surface area contributed by atoms with Gasteiger partial charge in [-0.15, -0.1) is 0 Å². The number of halogens is 2. The number of nitrogens with zero attached hydrogens (tertiary/aromatic N) is 1. The largest absolute Gasteiger partial charge is 0.493 e. The summed E-state index contributed by atoms with van der Waals surface area (Å²) in [5.74, 6) is -0.773. The van der Waals surface area contributed by atoms with Crippen molar-refractivity contribution in [2.24, 2.45) is 0 Å². The smallest absolute Gasteiger partial charge is 0.268 e. The first-order valence-electron chi connectivity index (χ1n) is 8.16. The van der Waals surface area contributed by atoms with Crippen molar-refractivity contribution in [2.45, 2.75) is 19.8 Å². The predicted octanol–water partition coefficient (Wildman–Crippen LogP) is 3.82. The monoisotopic (exact) mass is 356 g/mol. The average Bonchev–Trinajstić information content (AvgIpc) is 2.62. The predicted molar refractivity (Wildman–Crippen MR) is 95.3 cm³/mol. The van der Waals surface area contributed by atoms with E-state index in [0.717, 1.165) is 5.56 Å². The maximum Gasteiger partial charge on any atom is 0.268 e. The minimum absolute atomic E-state index is 0.0648. The van der Waals surface area contributed by atoms with E-state index in [4.69, 9.17) is 4.74 Å². The second-order valence-corrected chi connectivity index (χ2v) is 5.94. The van der Waals surface area contributed by atoms with Gasteiger partial charge in [0.1, 0.15) is 5.82 Å². The second kappa shape index (κ2) is 7.47. The Morgan fingerprint density at radius 3 is 2.62 bits per heavy atom. The fraction of sp³-hybridized carbons (Fsp3) is 0.200. The number of nitrogens with one attached hydrogen (secondary N) is 1. The summed E-state index contributed by atoms with van der Waals surface area (Å²) in [7, 11) is 1.38. The number of hydrogen-bond donors (Lipinski definition) is 1. The van der Waals surface area contributed by atoms with Gasteiger partial charge in [-0.05, 0) is 43.5 Å². The van der Waals surface area contributed by atoms with Crippen LogP contribution in [0.4, 0.5) is 8.78 Å². The van der Waals surface area contributed by atoms with Gasteiger partial charge < -0.3 is 4.74 Å². The lowest BCUT2D eigenvalue weighted by Gasteiger charge is -2.15. The van der Waals surface area contributed by atoms with Crippen LogP contribution >= 0.6 is 0 Å². The van der Waals surface area contributed by atoms with E-state index in [0.29, 0.717) is 35.2 Å². The summed E-state index contributed by atoms with van der Waals surface area (Å²) in [5.41, 5.74) is 2.46. The zero-order valence-electron chi connectivity index (χ0n) is 14.5. The van der Waals surface area contributed by atoms with Crippen LogP contribution in [0.25, 0.3) is 11.1 Å². The number of rotatable bonds is 5. The molecule has 1 N–H and O–H groups in total. The normalized spacial score (nSPS) is 10.8. The molecule has 0 radical (unpaired) electrons. The van der Waals surface area contributed by atoms with E-state index >= 15 is 0 Å². The maximum absolute atomic E-state index is 14.1. The Balaban J connectivity index is 2.08. The zero-order chi connectivity index (χ0) is 18.7. The molecule has 26 heavy (non-hydrogen) atoms. The molecule has 2 aromatic carbocycles. The van der Waals surface area contributed by atoms with E-state index < -0.39 is 5.82 Å². The van der Waals surface area contributed by atoms with Crippen molar-refractivity contribution in [3.63, 3.8) is 0 Å². The van der Waals surface area contributed by atoms with Crippen molar-refractivity contribution < 1.29 is 13.5 Å². The maximum atomic E-state index is 14.1. The number of aromatic nitrogens is 2. The summed E-state index contributed by atoms with van der Waals surface area (Å²) in [4.78, 5) is 12.4. The van der Waals surface area contributed by atoms with Gasteiger partial charge in [0.15, 0.2) is 11.6 Å². The lowest BCUT2D eigenvalue weighted by atomic mass is 9.94. The molecule has 134 valence electrons. The number of ether oxygens (including phenoxy) is 1. The molecule has 1 aromatic heterocycles. The first kappa shape index (κ1) is 17.8. The van der Waals surface area contributed by atoms with Crippen LogP contribution in [0.15, 0.2) is 47.3 Å². The Kier molecular flexibility index (Phi) is 5.11. The van der Waals surface area contributed by atoms with E-state index in [9.17, 15) is 13.6 Å². The molecule has 0 amide bonds. The number of para-hydroxylation sites is 1. The van der Waals surface area contributed by atoms with Gasteiger partial charge in [0.2, 0.25) is 0 Å². The van der Waals surface area contributed by atoms with Crippen molar-refractivity contribution in [3.05, 3.63) is 81.3 Å². The third-order valence-electron chi connectivity index (χ3n) is 4.26. The van der Waals surface area contributed by atoms with Gasteiger partial charge in [0.05, 0.1) is 12.8 Å². The lowest BCUT2D eigenvalue weighted by molar-refractivity contribution is 0.388. The summed E-state index contributed by atoms with van der Waals surface area (Å²) in [5, 5.41) is 6.48. The standard InChI is InChI=1S/C20H18F2N2O2/c1-12-18(15-7-4-8-17(22)19(15)26-2)16(20(25)24-23-12)10-9-13-5-3-6-14(21)11-13/h3-8,11H,9-10H2,1-2H3,(H,24,25). The minimum Gasteiger partial charge on any atom is -0.493 e. The fourth-order valence-electron chi connectivity index (χ4n) is 3.06. The number of benzene rings is 2. The summed E-state index contributed by atoms with van der Waals surface area (Å²) in [6.45, 7) is 1.74. The molecule has 0 fully saturated rings. The molecule has 0 saturated heterocycles. The third kappa shape index (κ3) is 3.49. The van der Waals surface area contributed by atoms with E-state index in [2.05, 4.69) is 10.2 Å². The molecule has 6 heteroatoms. The van der Waals surface area contributed by atoms with Gasteiger partial charge in [-0.1, -0.05) is 24.3 Å². The highest BCUT2D eigenvalue weighted by atomic mass is 19.1. The summed E-state index contributed by atoms with van der Waals surface area (Å²) < 4.78 is 32.7. The Labute approximate surface area is 149 Å². The summed E-state index contributed by atoms with van der Waals surface area (Å²) >= 11 is 0. The molecule has 0 aliphatic carbocycles. The van der Waals surface area contributed by atoms with Crippen LogP contribution in [0, 0.1) is 18.6 Å². The second-order valence-electron chi connectivity index (χ2n) is 5.94. The Morgan fingerprint density at radius 2 is 1.88 bits per heavy atom. The van der Waals surface area contributed by atoms with Crippen molar-refractivity contribution in [3.8, 4) is 16.9 Å². The van der Waals surface area contributed by atoms with Gasteiger partial charge in [0, 0.05) is 16.7 Å². The SMILES string of the molecule is COc1c(F)cccc1-c1c(C)n[nH]c(=O)c1CCc1cccc(F)c1. The van der Waals surface area contributed by atoms with Gasteiger partial charge in [-0.2, -0.15) is 5.10 Å². The number of methoxy groups -OCH3 is 1. The molecule has 3 aromatic rings. The van der Waals surface area contributed by atoms with Crippen LogP contribution in [0.5, 0.6) is 5.75 Å². The first-order valence-corrected chi connectivity index (χ1v) is 8.16. The van der Waals surface area contributed by atoms with E-state index in [1.54, 1.807) is 31.2 Å². The number of aromatic amines is 1. The Bertz CT molecular complexity index is 999. The van der Waals surface area contributed by atoms with Gasteiger partial charge in [-0.25, -0.2) is 13.9 Å². The van der Waals surface area contributed by atoms with Crippen molar-refractivity contribution in [1.29, 1.82) is 0 Å². The first-order chi connectivity index (χ1) is 12.5. The molecule has 0 aliphatic heterocycles. The van der Waals surface area contributed by atoms with E-state index in [1.807, 2.05) is 0 Å². The molecule has 0 aliphatic rings. The van der Waals surface area contributed by atoms with Crippen LogP contribution in [-0.2, 0) is 12.8 Å². The molecule has 0 saturated carbocycles. The number of aryl methyl sites for hydroxylation is 2. The van der Waals surface area contributed by atoms with Crippen LogP contribution < -0.4 is 10.3 Å². The minimum atomic E-state index is -0.513. The molecule has 1 heterocycles. The van der Waals surface area contributed by atoms with Crippen LogP contribution in [0.2, 0.25) is 0 Å². The molecule has 0 spiro atoms. The molecule has 0 bridgehead atoms. The van der Waals surface area contributed by atoms with Crippen LogP contribution in [-0.4, -0.2) is 17.3 Å². The molecular weight excluding hydrogens is 338 g/mol. The van der Waals surface area contributed by atoms with Crippen molar-refractivity contribution in [1.82, 2.24) is 10.2 Å². The quantitative estimate of drug-likeness (QED) is 0.756. The summed E-state index contributed by atoms with van der Waals surface area (Å²) in [6, 6.07) is 10.8. The highest BCUT2D eigenvalue weighted by Gasteiger charge is 2.19. The highest BCUT2D eigenvalue weighted by Crippen LogP contribution is 2.35. The van der Waals surface area contributed by atoms with E-state index in [-0.39, 0.29) is 17.1 Å². The zero-order valence-corrected chi connectivity index (χ0v) is 14.5. The molecular formula is C20H18F2N2O2. The van der Waals surface area contributed by atoms with Crippen molar-refractivity contribution in [2.75, 3.05) is 7.11 Å². The van der Waals surface area contributed by atoms with E-state index in [1.165, 1.54) is 25.3 Å². The molecule has 3 rings (SSSR count). The Morgan fingerprint density at radius 1 is 1.12 bits per heavy atom. The molecule has 4 nitrogen and oxygen atoms in total. The number of H-pyrrole nitrogens is 1. The fourth-order valence-corrected chi connectivity index (χ4v) is 3.06. The number of hydrogen-bond acceptors (Lipinski definition) is 3. The Hall–Kier alpha value is -3.02. The average molecular weight is 356 g/mol. The molecule has 0 unspecified atom stereocenters. The lowest BCUT2D eigenvalue weighted by Crippen LogP contribution is -2.18. The van der Waals surface area contributed by atoms with Gasteiger partial charge in [0.25, 0.3) is 5.56 Å². The van der Waals surface area contributed by atoms with Gasteiger partial charge >= 0.3 is 0 Å². The van der Waals surface area contributed by atoms with Crippen molar-refractivity contribution >= 4 is 0 Å². The topological polar surface area (TPSA) is 55.0 Å². The van der Waals surface area contributed by atoms with Crippen LogP contribution in [0.3, 0.4) is 0 Å². The van der Waals surface area contributed by atoms with Crippen LogP contribution in [0.1, 0.15) is 16.8 Å².